The number of amides is 1. The first kappa shape index (κ1) is 16.0. The summed E-state index contributed by atoms with van der Waals surface area (Å²) in [6.45, 7) is 5.69. The van der Waals surface area contributed by atoms with Gasteiger partial charge in [0, 0.05) is 18.7 Å². The van der Waals surface area contributed by atoms with Crippen molar-refractivity contribution in [3.05, 3.63) is 24.3 Å². The van der Waals surface area contributed by atoms with Gasteiger partial charge < -0.3 is 14.3 Å². The summed E-state index contributed by atoms with van der Waals surface area (Å²) in [6, 6.07) is 7.03. The second-order valence-electron chi connectivity index (χ2n) is 5.29. The molecule has 20 heavy (non-hydrogen) atoms. The molecule has 0 saturated heterocycles. The number of carbonyl (C=O) groups is 2. The van der Waals surface area contributed by atoms with Crippen LogP contribution in [0, 0.1) is 0 Å². The number of carbonyl (C=O) groups excluding carboxylic acids is 2. The SMILES string of the molecule is COc1ccc(N(CCC=O)C(=O)OC(C)(C)C)cc1. The Labute approximate surface area is 119 Å². The van der Waals surface area contributed by atoms with Gasteiger partial charge in [0.1, 0.15) is 17.6 Å². The Bertz CT molecular complexity index is 448. The van der Waals surface area contributed by atoms with Crippen molar-refractivity contribution in [2.24, 2.45) is 0 Å². The Balaban J connectivity index is 2.92. The van der Waals surface area contributed by atoms with Crippen LogP contribution < -0.4 is 9.64 Å². The highest BCUT2D eigenvalue weighted by Gasteiger charge is 2.23. The van der Waals surface area contributed by atoms with Crippen LogP contribution in [0.2, 0.25) is 0 Å². The molecule has 0 fully saturated rings. The summed E-state index contributed by atoms with van der Waals surface area (Å²) in [7, 11) is 1.58. The Morgan fingerprint density at radius 1 is 1.25 bits per heavy atom. The van der Waals surface area contributed by atoms with E-state index in [0.717, 1.165) is 6.29 Å². The average Bonchev–Trinajstić information content (AvgIpc) is 2.38. The van der Waals surface area contributed by atoms with Gasteiger partial charge in [-0.3, -0.25) is 4.90 Å². The summed E-state index contributed by atoms with van der Waals surface area (Å²) in [4.78, 5) is 24.2. The molecule has 1 rings (SSSR count). The van der Waals surface area contributed by atoms with Gasteiger partial charge in [-0.2, -0.15) is 0 Å². The maximum atomic E-state index is 12.2. The lowest BCUT2D eigenvalue weighted by Crippen LogP contribution is -2.37. The summed E-state index contributed by atoms with van der Waals surface area (Å²) in [5, 5.41) is 0. The molecule has 0 aliphatic heterocycles. The molecule has 0 unspecified atom stereocenters. The number of benzene rings is 1. The number of ether oxygens (including phenoxy) is 2. The zero-order valence-corrected chi connectivity index (χ0v) is 12.4. The molecule has 0 aliphatic carbocycles. The molecule has 0 spiro atoms. The lowest BCUT2D eigenvalue weighted by atomic mass is 10.2. The molecule has 0 N–H and O–H groups in total. The lowest BCUT2D eigenvalue weighted by Gasteiger charge is -2.27. The number of nitrogens with zero attached hydrogens (tertiary/aromatic N) is 1. The summed E-state index contributed by atoms with van der Waals surface area (Å²) in [6.07, 6.45) is 0.566. The summed E-state index contributed by atoms with van der Waals surface area (Å²) in [5.74, 6) is 0.702. The highest BCUT2D eigenvalue weighted by Crippen LogP contribution is 2.21. The normalized spacial score (nSPS) is 10.8. The third kappa shape index (κ3) is 4.91. The number of anilines is 1. The molecule has 5 heteroatoms. The van der Waals surface area contributed by atoms with Crippen LogP contribution >= 0.6 is 0 Å². The molecule has 1 aromatic carbocycles. The van der Waals surface area contributed by atoms with E-state index >= 15 is 0 Å². The highest BCUT2D eigenvalue weighted by molar-refractivity contribution is 5.88. The molecule has 0 saturated carbocycles. The van der Waals surface area contributed by atoms with Gasteiger partial charge in [-0.25, -0.2) is 4.79 Å². The smallest absolute Gasteiger partial charge is 0.414 e. The molecule has 1 amide bonds. The second kappa shape index (κ2) is 6.93. The van der Waals surface area contributed by atoms with Crippen LogP contribution in [0.1, 0.15) is 27.2 Å². The zero-order valence-electron chi connectivity index (χ0n) is 12.4. The third-order valence-electron chi connectivity index (χ3n) is 2.47. The van der Waals surface area contributed by atoms with E-state index in [9.17, 15) is 9.59 Å². The van der Waals surface area contributed by atoms with E-state index in [2.05, 4.69) is 0 Å². The lowest BCUT2D eigenvalue weighted by molar-refractivity contribution is -0.107. The topological polar surface area (TPSA) is 55.8 Å². The van der Waals surface area contributed by atoms with Crippen LogP contribution in [-0.2, 0) is 9.53 Å². The molecular formula is C15H21NO4. The first-order valence-corrected chi connectivity index (χ1v) is 6.45. The molecule has 0 bridgehead atoms. The van der Waals surface area contributed by atoms with E-state index in [1.807, 2.05) is 0 Å². The molecule has 5 nitrogen and oxygen atoms in total. The van der Waals surface area contributed by atoms with E-state index < -0.39 is 11.7 Å². The molecule has 0 atom stereocenters. The van der Waals surface area contributed by atoms with Crippen LogP contribution in [0.4, 0.5) is 10.5 Å². The van der Waals surface area contributed by atoms with Gasteiger partial charge in [-0.15, -0.1) is 0 Å². The minimum atomic E-state index is -0.580. The predicted molar refractivity (Wildman–Crippen MR) is 77.3 cm³/mol. The zero-order chi connectivity index (χ0) is 15.2. The van der Waals surface area contributed by atoms with Crippen LogP contribution in [0.3, 0.4) is 0 Å². The summed E-state index contributed by atoms with van der Waals surface area (Å²) < 4.78 is 10.4. The van der Waals surface area contributed by atoms with Crippen molar-refractivity contribution in [1.29, 1.82) is 0 Å². The maximum absolute atomic E-state index is 12.2. The fourth-order valence-corrected chi connectivity index (χ4v) is 1.59. The van der Waals surface area contributed by atoms with Crippen molar-refractivity contribution in [3.8, 4) is 5.75 Å². The van der Waals surface area contributed by atoms with Gasteiger partial charge in [0.15, 0.2) is 0 Å². The van der Waals surface area contributed by atoms with E-state index in [1.165, 1.54) is 4.90 Å². The van der Waals surface area contributed by atoms with Gasteiger partial charge in [0.25, 0.3) is 0 Å². The highest BCUT2D eigenvalue weighted by atomic mass is 16.6. The van der Waals surface area contributed by atoms with Gasteiger partial charge in [-0.1, -0.05) is 0 Å². The molecule has 0 heterocycles. The van der Waals surface area contributed by atoms with Crippen molar-refractivity contribution < 1.29 is 19.1 Å². The van der Waals surface area contributed by atoms with E-state index in [1.54, 1.807) is 52.1 Å². The maximum Gasteiger partial charge on any atom is 0.414 e. The quantitative estimate of drug-likeness (QED) is 0.777. The number of hydrogen-bond acceptors (Lipinski definition) is 4. The Morgan fingerprint density at radius 3 is 2.30 bits per heavy atom. The third-order valence-corrected chi connectivity index (χ3v) is 2.47. The van der Waals surface area contributed by atoms with Crippen LogP contribution in [0.15, 0.2) is 24.3 Å². The summed E-state index contributed by atoms with van der Waals surface area (Å²) in [5.41, 5.74) is 0.0881. The van der Waals surface area contributed by atoms with E-state index in [-0.39, 0.29) is 13.0 Å². The number of rotatable bonds is 5. The monoisotopic (exact) mass is 279 g/mol. The van der Waals surface area contributed by atoms with Crippen LogP contribution in [0.25, 0.3) is 0 Å². The molecule has 0 radical (unpaired) electrons. The molecular weight excluding hydrogens is 258 g/mol. The Morgan fingerprint density at radius 2 is 1.85 bits per heavy atom. The average molecular weight is 279 g/mol. The van der Waals surface area contributed by atoms with Crippen molar-refractivity contribution in [2.45, 2.75) is 32.8 Å². The van der Waals surface area contributed by atoms with Crippen molar-refractivity contribution in [3.63, 3.8) is 0 Å². The minimum Gasteiger partial charge on any atom is -0.497 e. The molecule has 0 aromatic heterocycles. The second-order valence-corrected chi connectivity index (χ2v) is 5.29. The first-order valence-electron chi connectivity index (χ1n) is 6.45. The van der Waals surface area contributed by atoms with Crippen LogP contribution in [-0.4, -0.2) is 31.6 Å². The number of methoxy groups -OCH3 is 1. The fourth-order valence-electron chi connectivity index (χ4n) is 1.59. The van der Waals surface area contributed by atoms with Gasteiger partial charge >= 0.3 is 6.09 Å². The van der Waals surface area contributed by atoms with Crippen molar-refractivity contribution >= 4 is 18.1 Å². The largest absolute Gasteiger partial charge is 0.497 e. The van der Waals surface area contributed by atoms with Crippen molar-refractivity contribution in [2.75, 3.05) is 18.6 Å². The molecule has 0 aliphatic rings. The predicted octanol–water partition coefficient (Wildman–Crippen LogP) is 3.03. The van der Waals surface area contributed by atoms with Gasteiger partial charge in [0.05, 0.1) is 7.11 Å². The van der Waals surface area contributed by atoms with Gasteiger partial charge in [0.2, 0.25) is 0 Å². The standard InChI is InChI=1S/C15H21NO4/c1-15(2,3)20-14(18)16(10-5-11-17)12-6-8-13(19-4)9-7-12/h6-9,11H,5,10H2,1-4H3. The molecule has 110 valence electrons. The Hall–Kier alpha value is -2.04. The minimum absolute atomic E-state index is 0.255. The van der Waals surface area contributed by atoms with Crippen LogP contribution in [0.5, 0.6) is 5.75 Å². The van der Waals surface area contributed by atoms with Crippen molar-refractivity contribution in [1.82, 2.24) is 0 Å². The number of aldehydes is 1. The first-order chi connectivity index (χ1) is 9.37. The summed E-state index contributed by atoms with van der Waals surface area (Å²) >= 11 is 0. The van der Waals surface area contributed by atoms with E-state index in [4.69, 9.17) is 9.47 Å². The fraction of sp³-hybridized carbons (Fsp3) is 0.467. The van der Waals surface area contributed by atoms with Gasteiger partial charge in [-0.05, 0) is 45.0 Å². The Kier molecular flexibility index (Phi) is 5.55. The molecule has 1 aromatic rings. The van der Waals surface area contributed by atoms with E-state index in [0.29, 0.717) is 11.4 Å². The number of hydrogen-bond donors (Lipinski definition) is 0.